The van der Waals surface area contributed by atoms with Crippen molar-refractivity contribution in [1.29, 1.82) is 0 Å². The molecule has 8 rings (SSSR count). The minimum Gasteiger partial charge on any atom is -0.477 e. The van der Waals surface area contributed by atoms with Gasteiger partial charge in [-0.2, -0.15) is 0 Å². The van der Waals surface area contributed by atoms with Crippen LogP contribution < -0.4 is 21.1 Å². The monoisotopic (exact) mass is 734 g/mol. The molecular weight excluding hydrogens is 714 g/mol. The molecule has 1 saturated carbocycles. The number of aromatic nitrogens is 4. The number of hydrogen-bond donors (Lipinski definition) is 3. The summed E-state index contributed by atoms with van der Waals surface area (Å²) in [5.41, 5.74) is -5.10. The molecule has 5 heterocycles. The quantitative estimate of drug-likeness (QED) is 0.193. The van der Waals surface area contributed by atoms with Gasteiger partial charge in [0.1, 0.15) is 34.4 Å². The highest BCUT2D eigenvalue weighted by atomic mass is 19.2. The largest absolute Gasteiger partial charge is 0.477 e. The van der Waals surface area contributed by atoms with Gasteiger partial charge in [-0.25, -0.2) is 45.9 Å². The first kappa shape index (κ1) is 33.4. The lowest BCUT2D eigenvalue weighted by Gasteiger charge is -2.23. The minimum atomic E-state index is -1.67. The Labute approximate surface area is 290 Å². The van der Waals surface area contributed by atoms with Crippen molar-refractivity contribution in [1.82, 2.24) is 19.1 Å². The second kappa shape index (κ2) is 11.9. The first-order valence-corrected chi connectivity index (χ1v) is 15.6. The minimum absolute atomic E-state index is 0.142. The summed E-state index contributed by atoms with van der Waals surface area (Å²) in [6.45, 7) is 0.283. The molecule has 0 spiro atoms. The maximum Gasteiger partial charge on any atom is 0.341 e. The number of carbonyl (C=O) groups is 2. The van der Waals surface area contributed by atoms with Crippen molar-refractivity contribution in [2.45, 2.75) is 6.04 Å². The van der Waals surface area contributed by atoms with Gasteiger partial charge in [0, 0.05) is 55.5 Å². The molecule has 2 aliphatic rings. The van der Waals surface area contributed by atoms with Crippen LogP contribution in [0.1, 0.15) is 20.7 Å². The number of benzene rings is 2. The van der Waals surface area contributed by atoms with E-state index in [0.717, 1.165) is 57.9 Å². The van der Waals surface area contributed by atoms with Crippen LogP contribution in [0.2, 0.25) is 0 Å². The van der Waals surface area contributed by atoms with Crippen molar-refractivity contribution in [2.24, 2.45) is 11.8 Å². The summed E-state index contributed by atoms with van der Waals surface area (Å²) in [5, 5.41) is 21.1. The Morgan fingerprint density at radius 1 is 0.660 bits per heavy atom. The highest BCUT2D eigenvalue weighted by Crippen LogP contribution is 2.48. The number of fused-ring (bicyclic) bond motifs is 3. The van der Waals surface area contributed by atoms with E-state index in [2.05, 4.69) is 15.3 Å². The van der Waals surface area contributed by atoms with Gasteiger partial charge in [0.15, 0.2) is 34.6 Å². The fraction of sp³-hybridized carbons (Fsp3) is 0.143. The van der Waals surface area contributed by atoms with Crippen LogP contribution in [0.25, 0.3) is 33.4 Å². The highest BCUT2D eigenvalue weighted by Gasteiger charge is 2.57. The zero-order valence-electron chi connectivity index (χ0n) is 26.5. The van der Waals surface area contributed by atoms with Gasteiger partial charge in [-0.15, -0.1) is 0 Å². The van der Waals surface area contributed by atoms with Gasteiger partial charge in [-0.1, -0.05) is 0 Å². The van der Waals surface area contributed by atoms with Gasteiger partial charge in [-0.3, -0.25) is 18.7 Å². The molecule has 1 saturated heterocycles. The summed E-state index contributed by atoms with van der Waals surface area (Å²) < 4.78 is 89.9. The number of hydrogen-bond acceptors (Lipinski definition) is 8. The Hall–Kier alpha value is -6.72. The average molecular weight is 735 g/mol. The van der Waals surface area contributed by atoms with Crippen molar-refractivity contribution in [3.8, 4) is 11.4 Å². The molecule has 268 valence electrons. The molecule has 18 heteroatoms. The topological polar surface area (TPSA) is 160 Å². The van der Waals surface area contributed by atoms with Crippen LogP contribution >= 0.6 is 0 Å². The Morgan fingerprint density at radius 2 is 1.13 bits per heavy atom. The molecule has 0 radical (unpaired) electrons. The van der Waals surface area contributed by atoms with E-state index in [1.807, 2.05) is 0 Å². The van der Waals surface area contributed by atoms with E-state index in [4.69, 9.17) is 0 Å². The summed E-state index contributed by atoms with van der Waals surface area (Å²) in [6, 6.07) is 6.02. The number of aromatic carboxylic acids is 2. The van der Waals surface area contributed by atoms with E-state index >= 15 is 8.78 Å². The zero-order chi connectivity index (χ0) is 37.6. The SMILES string of the molecule is O=C(O)c1cn(-c2ccc(F)cc2F)c2nc(NC3[C@H]4CN(c5nc6c(cc5F)c(=O)c(C(=O)O)cn6-c5ccc(F)cc5F)C[C@@H]34)c(F)cc2c1=O. The molecule has 6 aromatic rings. The first-order chi connectivity index (χ1) is 25.2. The molecular formula is C35H20F6N6O6. The van der Waals surface area contributed by atoms with Gasteiger partial charge in [0.2, 0.25) is 10.9 Å². The fourth-order valence-electron chi connectivity index (χ4n) is 6.86. The number of anilines is 2. The Kier molecular flexibility index (Phi) is 7.52. The molecule has 3 atom stereocenters. The third kappa shape index (κ3) is 5.40. The lowest BCUT2D eigenvalue weighted by atomic mass is 10.1. The van der Waals surface area contributed by atoms with Crippen molar-refractivity contribution < 1.29 is 46.1 Å². The van der Waals surface area contributed by atoms with Crippen molar-refractivity contribution in [3.63, 3.8) is 0 Å². The summed E-state index contributed by atoms with van der Waals surface area (Å²) >= 11 is 0. The lowest BCUT2D eigenvalue weighted by molar-refractivity contribution is 0.0684. The van der Waals surface area contributed by atoms with Gasteiger partial charge in [0.05, 0.1) is 22.1 Å². The normalized spacial score (nSPS) is 17.7. The summed E-state index contributed by atoms with van der Waals surface area (Å²) in [5.74, 6) is -10.5. The molecule has 1 aliphatic heterocycles. The number of halogens is 6. The maximum absolute atomic E-state index is 15.6. The summed E-state index contributed by atoms with van der Waals surface area (Å²) in [7, 11) is 0. The van der Waals surface area contributed by atoms with Crippen molar-refractivity contribution in [3.05, 3.63) is 127 Å². The van der Waals surface area contributed by atoms with Crippen LogP contribution in [0.5, 0.6) is 0 Å². The molecule has 0 bridgehead atoms. The molecule has 12 nitrogen and oxygen atoms in total. The van der Waals surface area contributed by atoms with E-state index < -0.39 is 85.6 Å². The van der Waals surface area contributed by atoms with Gasteiger partial charge in [-0.05, 0) is 36.4 Å². The Morgan fingerprint density at radius 3 is 1.60 bits per heavy atom. The van der Waals surface area contributed by atoms with Crippen LogP contribution in [0.3, 0.4) is 0 Å². The number of nitrogens with one attached hydrogen (secondary N) is 1. The molecule has 3 N–H and O–H groups in total. The second-order valence-corrected chi connectivity index (χ2v) is 12.5. The number of nitrogens with zero attached hydrogens (tertiary/aromatic N) is 5. The van der Waals surface area contributed by atoms with Crippen LogP contribution in [-0.2, 0) is 0 Å². The molecule has 2 aromatic carbocycles. The summed E-state index contributed by atoms with van der Waals surface area (Å²) in [4.78, 5) is 59.5. The molecule has 2 fully saturated rings. The molecule has 53 heavy (non-hydrogen) atoms. The number of carboxylic acids is 2. The van der Waals surface area contributed by atoms with Gasteiger partial charge < -0.3 is 20.4 Å². The third-order valence-corrected chi connectivity index (χ3v) is 9.44. The van der Waals surface area contributed by atoms with Crippen molar-refractivity contribution in [2.75, 3.05) is 23.3 Å². The number of piperidine rings is 1. The van der Waals surface area contributed by atoms with E-state index in [0.29, 0.717) is 12.1 Å². The number of carboxylic acid groups (broad SMARTS) is 2. The maximum atomic E-state index is 15.6. The van der Waals surface area contributed by atoms with Crippen LogP contribution in [-0.4, -0.2) is 60.4 Å². The standard InChI is InChI=1S/C35H20F6N6O6/c36-13-1-3-25(21(38)5-13)46-11-19(34(50)51)28(48)15-7-23(40)30(43-31(15)46)42-27-17-9-45(10-18(17)27)33-24(41)8-16-29(49)20(35(52)53)12-47(32(16)44-33)26-4-2-14(37)6-22(26)39/h1-8,11-12,17-18,27H,9-10H2,(H,42,43)(H,50,51)(H,52,53)/t17-,18+,27?. The second-order valence-electron chi connectivity index (χ2n) is 12.5. The summed E-state index contributed by atoms with van der Waals surface area (Å²) in [6.07, 6.45) is 1.62. The van der Waals surface area contributed by atoms with Crippen molar-refractivity contribution >= 4 is 45.6 Å². The molecule has 1 aliphatic carbocycles. The predicted octanol–water partition coefficient (Wildman–Crippen LogP) is 4.86. The molecule has 1 unspecified atom stereocenters. The number of pyridine rings is 4. The third-order valence-electron chi connectivity index (χ3n) is 9.44. The smallest absolute Gasteiger partial charge is 0.341 e. The highest BCUT2D eigenvalue weighted by molar-refractivity contribution is 5.93. The van der Waals surface area contributed by atoms with Gasteiger partial charge in [0.25, 0.3) is 0 Å². The van der Waals surface area contributed by atoms with Gasteiger partial charge >= 0.3 is 11.9 Å². The van der Waals surface area contributed by atoms with E-state index in [-0.39, 0.29) is 59.2 Å². The molecule has 0 amide bonds. The fourth-order valence-corrected chi connectivity index (χ4v) is 6.86. The van der Waals surface area contributed by atoms with Crippen LogP contribution in [0, 0.1) is 46.7 Å². The Bertz CT molecular complexity index is 2730. The van der Waals surface area contributed by atoms with Crippen LogP contribution in [0.15, 0.2) is 70.5 Å². The zero-order valence-corrected chi connectivity index (χ0v) is 26.5. The average Bonchev–Trinajstić information content (AvgIpc) is 3.51. The molecule has 4 aromatic heterocycles. The van der Waals surface area contributed by atoms with E-state index in [1.54, 1.807) is 0 Å². The first-order valence-electron chi connectivity index (χ1n) is 15.6. The Balaban J connectivity index is 1.12. The van der Waals surface area contributed by atoms with Crippen LogP contribution in [0.4, 0.5) is 38.0 Å². The lowest BCUT2D eigenvalue weighted by Crippen LogP contribution is -2.30. The predicted molar refractivity (Wildman–Crippen MR) is 175 cm³/mol. The van der Waals surface area contributed by atoms with E-state index in [9.17, 15) is 47.0 Å². The van der Waals surface area contributed by atoms with E-state index in [1.165, 1.54) is 4.90 Å². The number of rotatable bonds is 7.